The number of rotatable bonds is 5. The predicted octanol–water partition coefficient (Wildman–Crippen LogP) is 3.64. The number of carbonyl (C=O) groups excluding carboxylic acids is 1. The fraction of sp³-hybridized carbons (Fsp3) is 0.438. The van der Waals surface area contributed by atoms with Crippen molar-refractivity contribution < 1.29 is 9.21 Å². The standard InChI is InChI=1S/C16H19NO2S/c18-16(6-2-1-4-14-5-3-11-20-14)17-9-7-13-8-10-19-15(13)12-17/h3,5,8,10-11H,1-2,4,6-7,9,12H2. The van der Waals surface area contributed by atoms with Crippen LogP contribution >= 0.6 is 11.3 Å². The average molecular weight is 289 g/mol. The SMILES string of the molecule is O=C(CCCCc1cccs1)N1CCc2ccoc2C1. The van der Waals surface area contributed by atoms with Crippen LogP contribution in [0.25, 0.3) is 0 Å². The monoisotopic (exact) mass is 289 g/mol. The van der Waals surface area contributed by atoms with Gasteiger partial charge in [-0.05, 0) is 48.8 Å². The van der Waals surface area contributed by atoms with Gasteiger partial charge in [0.25, 0.3) is 0 Å². The van der Waals surface area contributed by atoms with Crippen LogP contribution in [0.4, 0.5) is 0 Å². The quantitative estimate of drug-likeness (QED) is 0.787. The van der Waals surface area contributed by atoms with Crippen LogP contribution in [-0.4, -0.2) is 17.4 Å². The smallest absolute Gasteiger partial charge is 0.222 e. The first-order valence-corrected chi connectivity index (χ1v) is 8.06. The Morgan fingerprint density at radius 1 is 1.35 bits per heavy atom. The number of nitrogens with zero attached hydrogens (tertiary/aromatic N) is 1. The van der Waals surface area contributed by atoms with Gasteiger partial charge in [0.1, 0.15) is 5.76 Å². The van der Waals surface area contributed by atoms with Gasteiger partial charge < -0.3 is 9.32 Å². The van der Waals surface area contributed by atoms with E-state index in [0.717, 1.165) is 38.0 Å². The minimum atomic E-state index is 0.262. The Labute approximate surface area is 123 Å². The number of unbranched alkanes of at least 4 members (excludes halogenated alkanes) is 1. The zero-order chi connectivity index (χ0) is 13.8. The predicted molar refractivity (Wildman–Crippen MR) is 79.7 cm³/mol. The van der Waals surface area contributed by atoms with Crippen LogP contribution in [0.1, 0.15) is 35.5 Å². The molecule has 0 atom stereocenters. The van der Waals surface area contributed by atoms with Crippen LogP contribution in [0.15, 0.2) is 34.3 Å². The average Bonchev–Trinajstić information content (AvgIpc) is 3.13. The molecule has 0 N–H and O–H groups in total. The van der Waals surface area contributed by atoms with Crippen molar-refractivity contribution in [2.45, 2.75) is 38.6 Å². The van der Waals surface area contributed by atoms with Crippen LogP contribution < -0.4 is 0 Å². The normalized spacial score (nSPS) is 14.3. The molecule has 0 fully saturated rings. The third kappa shape index (κ3) is 3.12. The molecular weight excluding hydrogens is 270 g/mol. The Balaban J connectivity index is 1.41. The number of thiophene rings is 1. The number of fused-ring (bicyclic) bond motifs is 1. The van der Waals surface area contributed by atoms with Gasteiger partial charge in [0.2, 0.25) is 5.91 Å². The van der Waals surface area contributed by atoms with E-state index in [1.165, 1.54) is 10.4 Å². The molecule has 3 nitrogen and oxygen atoms in total. The Bertz CT molecular complexity index is 559. The van der Waals surface area contributed by atoms with Crippen molar-refractivity contribution in [2.75, 3.05) is 6.54 Å². The summed E-state index contributed by atoms with van der Waals surface area (Å²) >= 11 is 1.80. The molecule has 2 aromatic heterocycles. The number of hydrogen-bond acceptors (Lipinski definition) is 3. The third-order valence-corrected chi connectivity index (χ3v) is 4.76. The first-order valence-electron chi connectivity index (χ1n) is 7.18. The summed E-state index contributed by atoms with van der Waals surface area (Å²) in [6.45, 7) is 1.47. The minimum absolute atomic E-state index is 0.262. The van der Waals surface area contributed by atoms with Gasteiger partial charge in [-0.25, -0.2) is 0 Å². The molecule has 0 bridgehead atoms. The molecule has 2 aromatic rings. The van der Waals surface area contributed by atoms with E-state index in [-0.39, 0.29) is 5.91 Å². The third-order valence-electron chi connectivity index (χ3n) is 3.82. The Morgan fingerprint density at radius 3 is 3.15 bits per heavy atom. The molecule has 20 heavy (non-hydrogen) atoms. The first-order chi connectivity index (χ1) is 9.83. The molecule has 0 saturated heterocycles. The minimum Gasteiger partial charge on any atom is -0.467 e. The maximum absolute atomic E-state index is 12.2. The zero-order valence-electron chi connectivity index (χ0n) is 11.5. The molecule has 4 heteroatoms. The van der Waals surface area contributed by atoms with Crippen molar-refractivity contribution in [3.63, 3.8) is 0 Å². The lowest BCUT2D eigenvalue weighted by Crippen LogP contribution is -2.35. The second kappa shape index (κ2) is 6.27. The van der Waals surface area contributed by atoms with Crippen molar-refractivity contribution in [3.05, 3.63) is 46.0 Å². The number of aryl methyl sites for hydroxylation is 1. The summed E-state index contributed by atoms with van der Waals surface area (Å²) in [7, 11) is 0. The molecule has 1 aliphatic rings. The summed E-state index contributed by atoms with van der Waals surface area (Å²) in [4.78, 5) is 15.5. The molecule has 3 heterocycles. The molecule has 0 saturated carbocycles. The summed E-state index contributed by atoms with van der Waals surface area (Å²) in [5.41, 5.74) is 1.26. The van der Waals surface area contributed by atoms with Crippen molar-refractivity contribution >= 4 is 17.2 Å². The fourth-order valence-electron chi connectivity index (χ4n) is 2.64. The molecule has 0 aromatic carbocycles. The molecule has 1 amide bonds. The van der Waals surface area contributed by atoms with Gasteiger partial charge in [0.15, 0.2) is 0 Å². The van der Waals surface area contributed by atoms with Crippen LogP contribution in [0.3, 0.4) is 0 Å². The number of hydrogen-bond donors (Lipinski definition) is 0. The Kier molecular flexibility index (Phi) is 4.21. The summed E-state index contributed by atoms with van der Waals surface area (Å²) in [6, 6.07) is 6.26. The molecule has 1 aliphatic heterocycles. The van der Waals surface area contributed by atoms with Crippen LogP contribution in [-0.2, 0) is 24.2 Å². The van der Waals surface area contributed by atoms with E-state index in [1.54, 1.807) is 17.6 Å². The number of amides is 1. The van der Waals surface area contributed by atoms with Gasteiger partial charge >= 0.3 is 0 Å². The van der Waals surface area contributed by atoms with Gasteiger partial charge in [-0.1, -0.05) is 6.07 Å². The van der Waals surface area contributed by atoms with E-state index in [2.05, 4.69) is 17.5 Å². The number of furan rings is 1. The summed E-state index contributed by atoms with van der Waals surface area (Å²) in [5, 5.41) is 2.11. The Morgan fingerprint density at radius 2 is 2.30 bits per heavy atom. The van der Waals surface area contributed by atoms with Gasteiger partial charge in [-0.3, -0.25) is 4.79 Å². The lowest BCUT2D eigenvalue weighted by Gasteiger charge is -2.26. The van der Waals surface area contributed by atoms with Gasteiger partial charge in [-0.2, -0.15) is 0 Å². The highest BCUT2D eigenvalue weighted by Crippen LogP contribution is 2.21. The highest BCUT2D eigenvalue weighted by molar-refractivity contribution is 7.09. The summed E-state index contributed by atoms with van der Waals surface area (Å²) in [6.07, 6.45) is 6.45. The highest BCUT2D eigenvalue weighted by atomic mass is 32.1. The van der Waals surface area contributed by atoms with Crippen molar-refractivity contribution in [1.29, 1.82) is 0 Å². The van der Waals surface area contributed by atoms with E-state index in [1.807, 2.05) is 11.0 Å². The fourth-order valence-corrected chi connectivity index (χ4v) is 3.39. The van der Waals surface area contributed by atoms with Gasteiger partial charge in [0, 0.05) is 17.8 Å². The number of carbonyl (C=O) groups is 1. The lowest BCUT2D eigenvalue weighted by atomic mass is 10.1. The van der Waals surface area contributed by atoms with Crippen LogP contribution in [0, 0.1) is 0 Å². The van der Waals surface area contributed by atoms with E-state index in [9.17, 15) is 4.79 Å². The van der Waals surface area contributed by atoms with Gasteiger partial charge in [0.05, 0.1) is 12.8 Å². The van der Waals surface area contributed by atoms with E-state index < -0.39 is 0 Å². The molecule has 0 radical (unpaired) electrons. The second-order valence-corrected chi connectivity index (χ2v) is 6.25. The molecule has 0 spiro atoms. The highest BCUT2D eigenvalue weighted by Gasteiger charge is 2.22. The van der Waals surface area contributed by atoms with Gasteiger partial charge in [-0.15, -0.1) is 11.3 Å². The topological polar surface area (TPSA) is 33.5 Å². The molecule has 3 rings (SSSR count). The zero-order valence-corrected chi connectivity index (χ0v) is 12.3. The van der Waals surface area contributed by atoms with E-state index >= 15 is 0 Å². The van der Waals surface area contributed by atoms with E-state index in [0.29, 0.717) is 13.0 Å². The van der Waals surface area contributed by atoms with Crippen LogP contribution in [0.5, 0.6) is 0 Å². The lowest BCUT2D eigenvalue weighted by molar-refractivity contribution is -0.132. The molecular formula is C16H19NO2S. The molecule has 0 aliphatic carbocycles. The first kappa shape index (κ1) is 13.4. The maximum Gasteiger partial charge on any atom is 0.222 e. The molecule has 106 valence electrons. The van der Waals surface area contributed by atoms with Crippen molar-refractivity contribution in [3.8, 4) is 0 Å². The summed E-state index contributed by atoms with van der Waals surface area (Å²) in [5.74, 6) is 1.22. The second-order valence-electron chi connectivity index (χ2n) is 5.22. The maximum atomic E-state index is 12.2. The van der Waals surface area contributed by atoms with Crippen LogP contribution in [0.2, 0.25) is 0 Å². The Hall–Kier alpha value is -1.55. The summed E-state index contributed by atoms with van der Waals surface area (Å²) < 4.78 is 5.42. The largest absolute Gasteiger partial charge is 0.467 e. The molecule has 0 unspecified atom stereocenters. The van der Waals surface area contributed by atoms with E-state index in [4.69, 9.17) is 4.42 Å². The van der Waals surface area contributed by atoms with Crippen molar-refractivity contribution in [1.82, 2.24) is 4.90 Å². The van der Waals surface area contributed by atoms with Crippen molar-refractivity contribution in [2.24, 2.45) is 0 Å².